The Morgan fingerprint density at radius 3 is 2.85 bits per heavy atom. The molecule has 0 bridgehead atoms. The number of rotatable bonds is 2. The van der Waals surface area contributed by atoms with Gasteiger partial charge in [-0.15, -0.1) is 0 Å². The SMILES string of the molecule is O=C1CCN(c2nc(C(=O)O)c3ccccn23)C(=O)N1. The summed E-state index contributed by atoms with van der Waals surface area (Å²) in [5.74, 6) is -1.35. The van der Waals surface area contributed by atoms with Gasteiger partial charge in [0, 0.05) is 19.2 Å². The number of aromatic nitrogens is 2. The molecule has 3 rings (SSSR count). The Morgan fingerprint density at radius 1 is 1.35 bits per heavy atom. The number of fused-ring (bicyclic) bond motifs is 1. The van der Waals surface area contributed by atoms with Gasteiger partial charge in [-0.1, -0.05) is 6.07 Å². The lowest BCUT2D eigenvalue weighted by molar-refractivity contribution is -0.120. The van der Waals surface area contributed by atoms with Gasteiger partial charge >= 0.3 is 12.0 Å². The maximum Gasteiger partial charge on any atom is 0.356 e. The molecule has 0 saturated carbocycles. The molecule has 20 heavy (non-hydrogen) atoms. The summed E-state index contributed by atoms with van der Waals surface area (Å²) in [4.78, 5) is 39.4. The van der Waals surface area contributed by atoms with Gasteiger partial charge in [0.1, 0.15) is 0 Å². The molecule has 0 unspecified atom stereocenters. The van der Waals surface area contributed by atoms with Crippen LogP contribution in [0.2, 0.25) is 0 Å². The zero-order valence-electron chi connectivity index (χ0n) is 10.2. The van der Waals surface area contributed by atoms with Gasteiger partial charge in [-0.05, 0) is 12.1 Å². The predicted molar refractivity (Wildman–Crippen MR) is 67.7 cm³/mol. The highest BCUT2D eigenvalue weighted by Gasteiger charge is 2.29. The fraction of sp³-hybridized carbons (Fsp3) is 0.167. The third-order valence-electron chi connectivity index (χ3n) is 3.03. The molecule has 0 radical (unpaired) electrons. The van der Waals surface area contributed by atoms with Gasteiger partial charge in [0.05, 0.1) is 5.52 Å². The fourth-order valence-electron chi connectivity index (χ4n) is 2.12. The van der Waals surface area contributed by atoms with Crippen LogP contribution in [0.15, 0.2) is 24.4 Å². The van der Waals surface area contributed by atoms with E-state index in [1.165, 1.54) is 9.30 Å². The van der Waals surface area contributed by atoms with Gasteiger partial charge in [0.15, 0.2) is 5.69 Å². The van der Waals surface area contributed by atoms with Gasteiger partial charge in [-0.2, -0.15) is 0 Å². The van der Waals surface area contributed by atoms with Gasteiger partial charge in [0.25, 0.3) is 0 Å². The molecule has 3 heterocycles. The van der Waals surface area contributed by atoms with Crippen molar-refractivity contribution in [3.05, 3.63) is 30.1 Å². The Hall–Kier alpha value is -2.90. The van der Waals surface area contributed by atoms with Crippen LogP contribution in [0.1, 0.15) is 16.9 Å². The number of aromatic carboxylic acids is 1. The van der Waals surface area contributed by atoms with Crippen molar-refractivity contribution in [1.29, 1.82) is 0 Å². The summed E-state index contributed by atoms with van der Waals surface area (Å²) in [6.45, 7) is 0.164. The zero-order valence-corrected chi connectivity index (χ0v) is 10.2. The van der Waals surface area contributed by atoms with E-state index in [0.29, 0.717) is 5.52 Å². The molecular weight excluding hydrogens is 264 g/mol. The summed E-state index contributed by atoms with van der Waals surface area (Å²) in [7, 11) is 0. The Balaban J connectivity index is 2.14. The first-order valence-corrected chi connectivity index (χ1v) is 5.89. The standard InChI is InChI=1S/C12H10N4O4/c17-8-4-6-16(12(20)13-8)11-14-9(10(18)19)7-3-1-2-5-15(7)11/h1-3,5H,4,6H2,(H,18,19)(H,13,17,20). The third-order valence-corrected chi connectivity index (χ3v) is 3.03. The Bertz CT molecular complexity index is 736. The Morgan fingerprint density at radius 2 is 2.15 bits per heavy atom. The largest absolute Gasteiger partial charge is 0.476 e. The number of nitrogens with one attached hydrogen (secondary N) is 1. The lowest BCUT2D eigenvalue weighted by Gasteiger charge is -2.24. The van der Waals surface area contributed by atoms with Crippen LogP contribution in [0.3, 0.4) is 0 Å². The monoisotopic (exact) mass is 274 g/mol. The second kappa shape index (κ2) is 4.34. The fourth-order valence-corrected chi connectivity index (χ4v) is 2.12. The minimum Gasteiger partial charge on any atom is -0.476 e. The van der Waals surface area contributed by atoms with Gasteiger partial charge in [-0.25, -0.2) is 14.6 Å². The zero-order chi connectivity index (χ0) is 14.3. The lowest BCUT2D eigenvalue weighted by atomic mass is 10.3. The number of nitrogens with zero attached hydrogens (tertiary/aromatic N) is 3. The predicted octanol–water partition coefficient (Wildman–Crippen LogP) is 0.479. The van der Waals surface area contributed by atoms with E-state index in [1.807, 2.05) is 0 Å². The van der Waals surface area contributed by atoms with Gasteiger partial charge in [0.2, 0.25) is 11.9 Å². The molecular formula is C12H10N4O4. The van der Waals surface area contributed by atoms with E-state index < -0.39 is 12.0 Å². The molecule has 0 aromatic carbocycles. The first kappa shape index (κ1) is 12.2. The highest BCUT2D eigenvalue weighted by atomic mass is 16.4. The molecule has 2 aromatic heterocycles. The number of imidazole rings is 1. The molecule has 8 nitrogen and oxygen atoms in total. The third kappa shape index (κ3) is 1.78. The molecule has 3 amide bonds. The maximum absolute atomic E-state index is 11.8. The Kier molecular flexibility index (Phi) is 2.63. The second-order valence-corrected chi connectivity index (χ2v) is 4.28. The van der Waals surface area contributed by atoms with Crippen LogP contribution in [0, 0.1) is 0 Å². The molecule has 0 aliphatic carbocycles. The van der Waals surface area contributed by atoms with E-state index in [-0.39, 0.29) is 30.5 Å². The Labute approximate surface area is 112 Å². The number of anilines is 1. The van der Waals surface area contributed by atoms with Crippen molar-refractivity contribution < 1.29 is 19.5 Å². The van der Waals surface area contributed by atoms with Crippen molar-refractivity contribution in [2.45, 2.75) is 6.42 Å². The number of hydrogen-bond donors (Lipinski definition) is 2. The van der Waals surface area contributed by atoms with Crippen molar-refractivity contribution >= 4 is 29.4 Å². The number of hydrogen-bond acceptors (Lipinski definition) is 4. The number of carbonyl (C=O) groups excluding carboxylic acids is 2. The highest BCUT2D eigenvalue weighted by Crippen LogP contribution is 2.21. The topological polar surface area (TPSA) is 104 Å². The summed E-state index contributed by atoms with van der Waals surface area (Å²) in [6, 6.07) is 4.39. The van der Waals surface area contributed by atoms with Crippen LogP contribution in [-0.2, 0) is 4.79 Å². The first-order chi connectivity index (χ1) is 9.58. The number of carboxylic acids is 1. The summed E-state index contributed by atoms with van der Waals surface area (Å²) < 4.78 is 1.51. The van der Waals surface area contributed by atoms with Crippen molar-refractivity contribution in [2.75, 3.05) is 11.4 Å². The van der Waals surface area contributed by atoms with Crippen molar-refractivity contribution in [1.82, 2.24) is 14.7 Å². The van der Waals surface area contributed by atoms with Crippen LogP contribution < -0.4 is 10.2 Å². The average molecular weight is 274 g/mol. The van der Waals surface area contributed by atoms with Crippen LogP contribution in [0.4, 0.5) is 10.7 Å². The van der Waals surface area contributed by atoms with Gasteiger partial charge < -0.3 is 5.11 Å². The average Bonchev–Trinajstić information content (AvgIpc) is 2.78. The summed E-state index contributed by atoms with van der Waals surface area (Å²) >= 11 is 0. The van der Waals surface area contributed by atoms with Crippen LogP contribution in [0.25, 0.3) is 5.52 Å². The van der Waals surface area contributed by atoms with Crippen molar-refractivity contribution in [3.63, 3.8) is 0 Å². The van der Waals surface area contributed by atoms with Crippen LogP contribution >= 0.6 is 0 Å². The smallest absolute Gasteiger partial charge is 0.356 e. The summed E-state index contributed by atoms with van der Waals surface area (Å²) in [6.07, 6.45) is 1.77. The summed E-state index contributed by atoms with van der Waals surface area (Å²) in [5.41, 5.74) is 0.255. The molecule has 1 saturated heterocycles. The van der Waals surface area contributed by atoms with E-state index in [4.69, 9.17) is 5.11 Å². The van der Waals surface area contributed by atoms with Crippen molar-refractivity contribution in [3.8, 4) is 0 Å². The second-order valence-electron chi connectivity index (χ2n) is 4.28. The molecule has 2 N–H and O–H groups in total. The lowest BCUT2D eigenvalue weighted by Crippen LogP contribution is -2.50. The maximum atomic E-state index is 11.8. The molecule has 0 spiro atoms. The van der Waals surface area contributed by atoms with E-state index in [0.717, 1.165) is 0 Å². The molecule has 102 valence electrons. The number of carboxylic acid groups (broad SMARTS) is 1. The minimum absolute atomic E-state index is 0.134. The quantitative estimate of drug-likeness (QED) is 0.828. The molecule has 8 heteroatoms. The van der Waals surface area contributed by atoms with E-state index in [1.54, 1.807) is 24.4 Å². The normalized spacial score (nSPS) is 15.5. The van der Waals surface area contributed by atoms with Gasteiger partial charge in [-0.3, -0.25) is 19.4 Å². The van der Waals surface area contributed by atoms with E-state index >= 15 is 0 Å². The number of imide groups is 1. The van der Waals surface area contributed by atoms with Crippen LogP contribution in [0.5, 0.6) is 0 Å². The number of urea groups is 1. The van der Waals surface area contributed by atoms with Crippen LogP contribution in [-0.4, -0.2) is 38.9 Å². The number of amides is 3. The minimum atomic E-state index is -1.17. The van der Waals surface area contributed by atoms with E-state index in [2.05, 4.69) is 10.3 Å². The molecule has 2 aromatic rings. The molecule has 0 atom stereocenters. The summed E-state index contributed by atoms with van der Waals surface area (Å²) in [5, 5.41) is 11.3. The molecule has 1 aliphatic rings. The highest BCUT2D eigenvalue weighted by molar-refractivity contribution is 6.05. The number of carbonyl (C=O) groups is 3. The number of pyridine rings is 1. The molecule has 1 aliphatic heterocycles. The first-order valence-electron chi connectivity index (χ1n) is 5.89. The molecule has 1 fully saturated rings. The van der Waals surface area contributed by atoms with E-state index in [9.17, 15) is 14.4 Å². The van der Waals surface area contributed by atoms with Crippen molar-refractivity contribution in [2.24, 2.45) is 0 Å².